The zero-order valence-corrected chi connectivity index (χ0v) is 11.6. The maximum absolute atomic E-state index is 6.10. The highest BCUT2D eigenvalue weighted by Crippen LogP contribution is 2.23. The van der Waals surface area contributed by atoms with Crippen LogP contribution in [0.1, 0.15) is 11.4 Å². The molecule has 0 amide bonds. The molecule has 0 unspecified atom stereocenters. The van der Waals surface area contributed by atoms with E-state index in [4.69, 9.17) is 33.5 Å². The first-order valence-electron chi connectivity index (χ1n) is 5.69. The fourth-order valence-corrected chi connectivity index (χ4v) is 2.19. The van der Waals surface area contributed by atoms with Crippen molar-refractivity contribution in [2.24, 2.45) is 0 Å². The van der Waals surface area contributed by atoms with Gasteiger partial charge in [0.1, 0.15) is 11.5 Å². The Morgan fingerprint density at radius 1 is 1.25 bits per heavy atom. The van der Waals surface area contributed by atoms with Crippen molar-refractivity contribution in [3.63, 3.8) is 0 Å². The number of nitrogens with zero attached hydrogens (tertiary/aromatic N) is 3. The van der Waals surface area contributed by atoms with E-state index in [1.807, 2.05) is 6.07 Å². The predicted molar refractivity (Wildman–Crippen MR) is 75.6 cm³/mol. The van der Waals surface area contributed by atoms with Gasteiger partial charge in [-0.2, -0.15) is 10.1 Å². The Bertz CT molecular complexity index is 752. The van der Waals surface area contributed by atoms with E-state index < -0.39 is 0 Å². The highest BCUT2D eigenvalue weighted by atomic mass is 35.5. The van der Waals surface area contributed by atoms with E-state index in [1.54, 1.807) is 18.2 Å². The number of hydrogen-bond donors (Lipinski definition) is 2. The topological polar surface area (TPSA) is 93.6 Å². The summed E-state index contributed by atoms with van der Waals surface area (Å²) in [6.45, 7) is 0. The van der Waals surface area contributed by atoms with Gasteiger partial charge < -0.3 is 10.3 Å². The molecule has 3 rings (SSSR count). The van der Waals surface area contributed by atoms with Crippen LogP contribution in [0, 0.1) is 0 Å². The van der Waals surface area contributed by atoms with E-state index in [1.165, 1.54) is 0 Å². The van der Waals surface area contributed by atoms with Crippen molar-refractivity contribution in [2.75, 3.05) is 5.73 Å². The summed E-state index contributed by atoms with van der Waals surface area (Å²) in [5, 5.41) is 11.5. The molecule has 0 aliphatic heterocycles. The molecule has 0 saturated carbocycles. The van der Waals surface area contributed by atoms with Crippen LogP contribution in [0.15, 0.2) is 28.8 Å². The summed E-state index contributed by atoms with van der Waals surface area (Å²) in [6.07, 6.45) is 0.448. The van der Waals surface area contributed by atoms with Crippen molar-refractivity contribution in [1.82, 2.24) is 20.3 Å². The Hall–Kier alpha value is -2.05. The Kier molecular flexibility index (Phi) is 3.33. The highest BCUT2D eigenvalue weighted by Gasteiger charge is 2.12. The molecular formula is C12H9Cl2N5O. The lowest BCUT2D eigenvalue weighted by Gasteiger charge is -2.00. The fraction of sp³-hybridized carbons (Fsp3) is 0.0833. The van der Waals surface area contributed by atoms with Gasteiger partial charge in [-0.25, -0.2) is 0 Å². The minimum absolute atomic E-state index is 0.328. The molecule has 3 N–H and O–H groups in total. The monoisotopic (exact) mass is 309 g/mol. The third-order valence-corrected chi connectivity index (χ3v) is 3.25. The largest absolute Gasteiger partial charge is 0.382 e. The number of nitrogens with two attached hydrogens (primary N) is 1. The summed E-state index contributed by atoms with van der Waals surface area (Å²) in [4.78, 5) is 4.26. The normalized spacial score (nSPS) is 10.9. The number of H-pyrrole nitrogens is 1. The number of anilines is 1. The molecule has 0 spiro atoms. The molecule has 0 aliphatic carbocycles. The quantitative estimate of drug-likeness (QED) is 0.775. The molecule has 0 bridgehead atoms. The summed E-state index contributed by atoms with van der Waals surface area (Å²) < 4.78 is 5.14. The number of hydrogen-bond acceptors (Lipinski definition) is 5. The number of rotatable bonds is 3. The average Bonchev–Trinajstić information content (AvgIpc) is 3.02. The first-order chi connectivity index (χ1) is 9.61. The molecule has 20 heavy (non-hydrogen) atoms. The van der Waals surface area contributed by atoms with Gasteiger partial charge in [0.15, 0.2) is 5.82 Å². The van der Waals surface area contributed by atoms with Gasteiger partial charge in [-0.05, 0) is 17.7 Å². The van der Waals surface area contributed by atoms with Crippen LogP contribution in [0.3, 0.4) is 0 Å². The summed E-state index contributed by atoms with van der Waals surface area (Å²) in [5.74, 6) is 1.20. The van der Waals surface area contributed by atoms with Crippen molar-refractivity contribution in [2.45, 2.75) is 6.42 Å². The van der Waals surface area contributed by atoms with E-state index in [-0.39, 0.29) is 0 Å². The lowest BCUT2D eigenvalue weighted by Crippen LogP contribution is -1.92. The van der Waals surface area contributed by atoms with Gasteiger partial charge in [0.05, 0.1) is 0 Å². The van der Waals surface area contributed by atoms with E-state index in [2.05, 4.69) is 20.3 Å². The molecule has 0 fully saturated rings. The molecule has 6 nitrogen and oxygen atoms in total. The van der Waals surface area contributed by atoms with Gasteiger partial charge in [0.2, 0.25) is 0 Å². The molecule has 0 saturated heterocycles. The van der Waals surface area contributed by atoms with Crippen LogP contribution >= 0.6 is 23.2 Å². The predicted octanol–water partition coefficient (Wildman–Crippen LogP) is 2.94. The Labute approximate surface area is 123 Å². The van der Waals surface area contributed by atoms with E-state index in [0.29, 0.717) is 39.7 Å². The molecule has 8 heteroatoms. The molecule has 3 aromatic rings. The SMILES string of the molecule is Nc1cc(-c2nc(Cc3ccc(Cl)cc3Cl)no2)[nH]n1. The maximum atomic E-state index is 6.10. The van der Waals surface area contributed by atoms with Crippen LogP contribution in [0.5, 0.6) is 0 Å². The molecule has 0 radical (unpaired) electrons. The summed E-state index contributed by atoms with van der Waals surface area (Å²) in [7, 11) is 0. The molecular weight excluding hydrogens is 301 g/mol. The summed E-state index contributed by atoms with van der Waals surface area (Å²) >= 11 is 12.0. The smallest absolute Gasteiger partial charge is 0.276 e. The first-order valence-corrected chi connectivity index (χ1v) is 6.45. The molecule has 2 aromatic heterocycles. The van der Waals surface area contributed by atoms with Crippen LogP contribution in [0.25, 0.3) is 11.6 Å². The lowest BCUT2D eigenvalue weighted by atomic mass is 10.1. The first kappa shape index (κ1) is 13.0. The van der Waals surface area contributed by atoms with Crippen molar-refractivity contribution >= 4 is 29.0 Å². The second-order valence-corrected chi connectivity index (χ2v) is 4.98. The number of benzene rings is 1. The maximum Gasteiger partial charge on any atom is 0.276 e. The zero-order valence-electron chi connectivity index (χ0n) is 10.1. The van der Waals surface area contributed by atoms with Gasteiger partial charge in [-0.1, -0.05) is 34.4 Å². The van der Waals surface area contributed by atoms with Crippen LogP contribution in [0.2, 0.25) is 10.0 Å². The minimum Gasteiger partial charge on any atom is -0.382 e. The number of aromatic amines is 1. The number of halogens is 2. The number of nitrogens with one attached hydrogen (secondary N) is 1. The molecule has 1 aromatic carbocycles. The van der Waals surface area contributed by atoms with Crippen molar-refractivity contribution in [3.05, 3.63) is 45.7 Å². The average molecular weight is 310 g/mol. The molecule has 102 valence electrons. The van der Waals surface area contributed by atoms with Gasteiger partial charge in [-0.15, -0.1) is 0 Å². The third-order valence-electron chi connectivity index (χ3n) is 2.66. The highest BCUT2D eigenvalue weighted by molar-refractivity contribution is 6.35. The molecule has 0 atom stereocenters. The molecule has 0 aliphatic rings. The van der Waals surface area contributed by atoms with Crippen molar-refractivity contribution in [3.8, 4) is 11.6 Å². The minimum atomic E-state index is 0.328. The van der Waals surface area contributed by atoms with E-state index >= 15 is 0 Å². The van der Waals surface area contributed by atoms with Crippen LogP contribution in [-0.4, -0.2) is 20.3 Å². The van der Waals surface area contributed by atoms with Crippen LogP contribution < -0.4 is 5.73 Å². The Morgan fingerprint density at radius 2 is 2.10 bits per heavy atom. The zero-order chi connectivity index (χ0) is 14.1. The van der Waals surface area contributed by atoms with Crippen molar-refractivity contribution < 1.29 is 4.52 Å². The van der Waals surface area contributed by atoms with Crippen molar-refractivity contribution in [1.29, 1.82) is 0 Å². The van der Waals surface area contributed by atoms with E-state index in [0.717, 1.165) is 5.56 Å². The third kappa shape index (κ3) is 2.61. The summed E-state index contributed by atoms with van der Waals surface area (Å²) in [6, 6.07) is 6.88. The number of aromatic nitrogens is 4. The van der Waals surface area contributed by atoms with Crippen LogP contribution in [0.4, 0.5) is 5.82 Å². The molecule has 2 heterocycles. The standard InChI is InChI=1S/C12H9Cl2N5O/c13-7-2-1-6(8(14)4-7)3-11-16-12(20-19-11)9-5-10(15)18-17-9/h1-2,4-5H,3H2,(H3,15,17,18). The lowest BCUT2D eigenvalue weighted by molar-refractivity contribution is 0.422. The van der Waals surface area contributed by atoms with Gasteiger partial charge >= 0.3 is 0 Å². The van der Waals surface area contributed by atoms with Gasteiger partial charge in [0.25, 0.3) is 5.89 Å². The van der Waals surface area contributed by atoms with E-state index in [9.17, 15) is 0 Å². The Balaban J connectivity index is 1.84. The Morgan fingerprint density at radius 3 is 2.80 bits per heavy atom. The summed E-state index contributed by atoms with van der Waals surface area (Å²) in [5.41, 5.74) is 6.96. The number of nitrogen functional groups attached to an aromatic ring is 1. The second kappa shape index (κ2) is 5.15. The second-order valence-electron chi connectivity index (χ2n) is 4.13. The van der Waals surface area contributed by atoms with Crippen LogP contribution in [-0.2, 0) is 6.42 Å². The van der Waals surface area contributed by atoms with Gasteiger partial charge in [-0.3, -0.25) is 5.10 Å². The fourth-order valence-electron chi connectivity index (χ4n) is 1.72. The van der Waals surface area contributed by atoms with Gasteiger partial charge in [0, 0.05) is 22.5 Å².